The van der Waals surface area contributed by atoms with E-state index in [9.17, 15) is 24.8 Å². The summed E-state index contributed by atoms with van der Waals surface area (Å²) < 4.78 is 5.39. The number of phenolic OH excluding ortho intramolecular Hbond substituents is 1. The number of aromatic hydroxyl groups is 1. The number of ether oxygens (including phenoxy) is 1. The van der Waals surface area contributed by atoms with Crippen LogP contribution >= 0.6 is 0 Å². The lowest BCUT2D eigenvalue weighted by molar-refractivity contribution is -0.142. The maximum absolute atomic E-state index is 14.0. The van der Waals surface area contributed by atoms with E-state index in [1.807, 2.05) is 50.2 Å². The smallest absolute Gasteiger partial charge is 0.408 e. The Morgan fingerprint density at radius 2 is 1.68 bits per heavy atom. The molecule has 3 atom stereocenters. The molecule has 3 amide bonds. The summed E-state index contributed by atoms with van der Waals surface area (Å²) in [5.74, 6) is -1.08. The molecule has 0 aliphatic carbocycles. The van der Waals surface area contributed by atoms with Gasteiger partial charge in [-0.15, -0.1) is 0 Å². The summed E-state index contributed by atoms with van der Waals surface area (Å²) >= 11 is 0. The zero-order valence-electron chi connectivity index (χ0n) is 22.7. The van der Waals surface area contributed by atoms with Gasteiger partial charge in [-0.1, -0.05) is 55.8 Å². The van der Waals surface area contributed by atoms with Crippen LogP contribution in [0.5, 0.6) is 5.75 Å². The third-order valence-corrected chi connectivity index (χ3v) is 5.68. The van der Waals surface area contributed by atoms with Crippen LogP contribution in [-0.4, -0.2) is 52.1 Å². The van der Waals surface area contributed by atoms with E-state index in [1.165, 1.54) is 24.3 Å². The fourth-order valence-corrected chi connectivity index (χ4v) is 4.03. The van der Waals surface area contributed by atoms with Crippen molar-refractivity contribution in [2.75, 3.05) is 6.54 Å². The van der Waals surface area contributed by atoms with Gasteiger partial charge in [0.05, 0.1) is 6.07 Å². The quantitative estimate of drug-likeness (QED) is 0.379. The highest BCUT2D eigenvalue weighted by Gasteiger charge is 2.36. The molecule has 0 radical (unpaired) electrons. The highest BCUT2D eigenvalue weighted by molar-refractivity contribution is 5.92. The van der Waals surface area contributed by atoms with Gasteiger partial charge < -0.3 is 25.4 Å². The minimum Gasteiger partial charge on any atom is -0.508 e. The first-order valence-corrected chi connectivity index (χ1v) is 12.7. The van der Waals surface area contributed by atoms with Gasteiger partial charge in [0.15, 0.2) is 0 Å². The second kappa shape index (κ2) is 14.0. The van der Waals surface area contributed by atoms with Crippen LogP contribution in [0.3, 0.4) is 0 Å². The van der Waals surface area contributed by atoms with Gasteiger partial charge in [-0.2, -0.15) is 5.26 Å². The van der Waals surface area contributed by atoms with E-state index in [4.69, 9.17) is 4.74 Å². The molecule has 0 saturated carbocycles. The summed E-state index contributed by atoms with van der Waals surface area (Å²) in [6.07, 6.45) is 0.921. The van der Waals surface area contributed by atoms with Crippen molar-refractivity contribution in [3.8, 4) is 11.8 Å². The average molecular weight is 523 g/mol. The number of rotatable bonds is 11. The highest BCUT2D eigenvalue weighted by Crippen LogP contribution is 2.25. The van der Waals surface area contributed by atoms with Crippen molar-refractivity contribution in [2.24, 2.45) is 0 Å². The molecule has 0 aromatic heterocycles. The first-order chi connectivity index (χ1) is 17.9. The number of nitrogens with zero attached hydrogens (tertiary/aromatic N) is 2. The van der Waals surface area contributed by atoms with Gasteiger partial charge in [-0.25, -0.2) is 4.79 Å². The molecule has 0 fully saturated rings. The Labute approximate surface area is 224 Å². The first kappa shape index (κ1) is 30.2. The summed E-state index contributed by atoms with van der Waals surface area (Å²) in [5.41, 5.74) is 0.407. The van der Waals surface area contributed by atoms with E-state index >= 15 is 0 Å². The third-order valence-electron chi connectivity index (χ3n) is 5.68. The lowest BCUT2D eigenvalue weighted by atomic mass is 10.00. The second-order valence-corrected chi connectivity index (χ2v) is 10.2. The predicted octanol–water partition coefficient (Wildman–Crippen LogP) is 4.23. The van der Waals surface area contributed by atoms with Crippen LogP contribution in [0, 0.1) is 11.3 Å². The molecule has 9 nitrogen and oxygen atoms in total. The van der Waals surface area contributed by atoms with Crippen LogP contribution in [0.4, 0.5) is 4.79 Å². The molecule has 204 valence electrons. The van der Waals surface area contributed by atoms with Gasteiger partial charge in [0.2, 0.25) is 11.8 Å². The van der Waals surface area contributed by atoms with E-state index in [2.05, 4.69) is 10.6 Å². The maximum atomic E-state index is 14.0. The van der Waals surface area contributed by atoms with E-state index < -0.39 is 42.1 Å². The third kappa shape index (κ3) is 9.43. The molecule has 0 saturated heterocycles. The van der Waals surface area contributed by atoms with E-state index in [0.29, 0.717) is 5.56 Å². The van der Waals surface area contributed by atoms with Gasteiger partial charge in [0.1, 0.15) is 30.0 Å². The Balaban J connectivity index is 2.50. The molecule has 3 unspecified atom stereocenters. The topological polar surface area (TPSA) is 132 Å². The monoisotopic (exact) mass is 522 g/mol. The zero-order chi connectivity index (χ0) is 28.3. The first-order valence-electron chi connectivity index (χ1n) is 12.7. The molecular formula is C29H38N4O5. The van der Waals surface area contributed by atoms with Gasteiger partial charge >= 0.3 is 6.09 Å². The number of hydrogen-bond donors (Lipinski definition) is 3. The molecule has 0 spiro atoms. The van der Waals surface area contributed by atoms with Crippen LogP contribution < -0.4 is 10.6 Å². The number of carbonyl (C=O) groups excluding carboxylic acids is 3. The Bertz CT molecular complexity index is 1110. The van der Waals surface area contributed by atoms with Gasteiger partial charge in [0, 0.05) is 12.5 Å². The molecule has 9 heteroatoms. The van der Waals surface area contributed by atoms with Gasteiger partial charge in [0.25, 0.3) is 0 Å². The number of nitriles is 1. The zero-order valence-corrected chi connectivity index (χ0v) is 22.7. The highest BCUT2D eigenvalue weighted by atomic mass is 16.6. The SMILES string of the molecule is CCCC(C)NC(=O)C(c1ccc(O)cc1)N(CC#N)C(=O)C(Cc1ccccc1)NC(=O)OC(C)(C)C. The standard InChI is InChI=1S/C29H38N4O5/c1-6-10-20(2)31-26(35)25(22-13-15-23(34)16-14-22)33(18-17-30)27(36)24(19-21-11-8-7-9-12-21)32-28(37)38-29(3,4)5/h7-9,11-16,20,24-25,34H,6,10,18-19H2,1-5H3,(H,31,35)(H,32,37). The molecule has 0 bridgehead atoms. The number of carbonyl (C=O) groups is 3. The van der Waals surface area contributed by atoms with Crippen molar-refractivity contribution >= 4 is 17.9 Å². The molecule has 3 N–H and O–H groups in total. The minimum atomic E-state index is -1.17. The van der Waals surface area contributed by atoms with Crippen LogP contribution in [0.25, 0.3) is 0 Å². The molecule has 38 heavy (non-hydrogen) atoms. The predicted molar refractivity (Wildman–Crippen MR) is 144 cm³/mol. The molecule has 0 aliphatic rings. The molecule has 2 aromatic carbocycles. The Morgan fingerprint density at radius 3 is 2.24 bits per heavy atom. The molecule has 2 aromatic rings. The summed E-state index contributed by atoms with van der Waals surface area (Å²) in [6.45, 7) is 8.61. The van der Waals surface area contributed by atoms with Crippen molar-refractivity contribution in [3.63, 3.8) is 0 Å². The molecule has 2 rings (SSSR count). The fraction of sp³-hybridized carbons (Fsp3) is 0.448. The number of phenols is 1. The number of amides is 3. The number of benzene rings is 2. The van der Waals surface area contributed by atoms with Crippen LogP contribution in [0.2, 0.25) is 0 Å². The summed E-state index contributed by atoms with van der Waals surface area (Å²) in [7, 11) is 0. The summed E-state index contributed by atoms with van der Waals surface area (Å²) in [4.78, 5) is 41.4. The lowest BCUT2D eigenvalue weighted by Gasteiger charge is -2.33. The molecular weight excluding hydrogens is 484 g/mol. The van der Waals surface area contributed by atoms with Crippen LogP contribution in [0.1, 0.15) is 64.6 Å². The van der Waals surface area contributed by atoms with Crippen molar-refractivity contribution in [3.05, 3.63) is 65.7 Å². The van der Waals surface area contributed by atoms with Gasteiger partial charge in [-0.3, -0.25) is 9.59 Å². The summed E-state index contributed by atoms with van der Waals surface area (Å²) in [6, 6.07) is 14.6. The van der Waals surface area contributed by atoms with Crippen LogP contribution in [0.15, 0.2) is 54.6 Å². The largest absolute Gasteiger partial charge is 0.508 e. The number of hydrogen-bond acceptors (Lipinski definition) is 6. The number of alkyl carbamates (subject to hydrolysis) is 1. The fourth-order valence-electron chi connectivity index (χ4n) is 4.03. The van der Waals surface area contributed by atoms with E-state index in [1.54, 1.807) is 20.8 Å². The van der Waals surface area contributed by atoms with Crippen molar-refractivity contribution < 1.29 is 24.2 Å². The second-order valence-electron chi connectivity index (χ2n) is 10.2. The van der Waals surface area contributed by atoms with E-state index in [-0.39, 0.29) is 18.2 Å². The Morgan fingerprint density at radius 1 is 1.05 bits per heavy atom. The number of nitrogens with one attached hydrogen (secondary N) is 2. The maximum Gasteiger partial charge on any atom is 0.408 e. The van der Waals surface area contributed by atoms with Crippen molar-refractivity contribution in [1.82, 2.24) is 15.5 Å². The van der Waals surface area contributed by atoms with E-state index in [0.717, 1.165) is 23.3 Å². The van der Waals surface area contributed by atoms with Gasteiger partial charge in [-0.05, 0) is 57.4 Å². The summed E-state index contributed by atoms with van der Waals surface area (Å²) in [5, 5.41) is 25.0. The molecule has 0 heterocycles. The van der Waals surface area contributed by atoms with Crippen molar-refractivity contribution in [2.45, 2.75) is 77.6 Å². The average Bonchev–Trinajstić information content (AvgIpc) is 2.83. The normalized spacial score (nSPS) is 13.4. The Kier molecular flexibility index (Phi) is 11.1. The van der Waals surface area contributed by atoms with Crippen molar-refractivity contribution in [1.29, 1.82) is 5.26 Å². The minimum absolute atomic E-state index is 0.000958. The lowest BCUT2D eigenvalue weighted by Crippen LogP contribution is -2.54. The van der Waals surface area contributed by atoms with Crippen LogP contribution in [-0.2, 0) is 20.7 Å². The molecule has 0 aliphatic heterocycles. The Hall–Kier alpha value is -4.06.